The maximum atomic E-state index is 10.9. The number of nitrogens with zero attached hydrogens (tertiary/aromatic N) is 1. The van der Waals surface area contributed by atoms with Crippen LogP contribution < -0.4 is 5.73 Å². The van der Waals surface area contributed by atoms with Crippen LogP contribution in [0.3, 0.4) is 0 Å². The molecular weight excluding hydrogens is 332 g/mol. The first-order chi connectivity index (χ1) is 10.0. The molecule has 0 aliphatic carbocycles. The number of rotatable bonds is 5. The van der Waals surface area contributed by atoms with Gasteiger partial charge in [0.05, 0.1) is 4.92 Å². The molecule has 1 atom stereocenters. The summed E-state index contributed by atoms with van der Waals surface area (Å²) in [5.41, 5.74) is 9.39. The number of nitro benzene ring substituents is 1. The fraction of sp³-hybridized carbons (Fsp3) is 0.250. The average molecular weight is 349 g/mol. The molecule has 2 N–H and O–H groups in total. The van der Waals surface area contributed by atoms with E-state index in [2.05, 4.69) is 15.9 Å². The monoisotopic (exact) mass is 348 g/mol. The van der Waals surface area contributed by atoms with Crippen LogP contribution >= 0.6 is 15.9 Å². The van der Waals surface area contributed by atoms with Crippen molar-refractivity contribution >= 4 is 21.6 Å². The van der Waals surface area contributed by atoms with Crippen LogP contribution in [0.5, 0.6) is 0 Å². The summed E-state index contributed by atoms with van der Waals surface area (Å²) in [6.45, 7) is 2.02. The molecule has 1 unspecified atom stereocenters. The molecule has 0 bridgehead atoms. The second-order valence-corrected chi connectivity index (χ2v) is 5.85. The van der Waals surface area contributed by atoms with Crippen molar-refractivity contribution in [3.63, 3.8) is 0 Å². The molecule has 21 heavy (non-hydrogen) atoms. The van der Waals surface area contributed by atoms with Crippen LogP contribution in [0.2, 0.25) is 0 Å². The average Bonchev–Trinajstić information content (AvgIpc) is 2.48. The van der Waals surface area contributed by atoms with E-state index in [4.69, 9.17) is 5.73 Å². The normalized spacial score (nSPS) is 12.1. The van der Waals surface area contributed by atoms with Gasteiger partial charge in [0.25, 0.3) is 5.69 Å². The summed E-state index contributed by atoms with van der Waals surface area (Å²) in [5.74, 6) is 0. The third-order valence-electron chi connectivity index (χ3n) is 3.49. The van der Waals surface area contributed by atoms with Gasteiger partial charge in [-0.25, -0.2) is 0 Å². The maximum absolute atomic E-state index is 10.9. The highest BCUT2D eigenvalue weighted by Crippen LogP contribution is 2.25. The maximum Gasteiger partial charge on any atom is 0.269 e. The van der Waals surface area contributed by atoms with Gasteiger partial charge in [-0.05, 0) is 41.7 Å². The van der Waals surface area contributed by atoms with E-state index in [1.54, 1.807) is 12.1 Å². The van der Waals surface area contributed by atoms with Crippen molar-refractivity contribution in [3.05, 3.63) is 73.7 Å². The van der Waals surface area contributed by atoms with Gasteiger partial charge in [0.15, 0.2) is 0 Å². The largest absolute Gasteiger partial charge is 0.324 e. The molecule has 0 aliphatic heterocycles. The molecule has 0 radical (unpaired) electrons. The molecule has 110 valence electrons. The molecule has 4 nitrogen and oxygen atoms in total. The lowest BCUT2D eigenvalue weighted by Gasteiger charge is -2.16. The zero-order valence-corrected chi connectivity index (χ0v) is 13.3. The van der Waals surface area contributed by atoms with Crippen molar-refractivity contribution in [1.82, 2.24) is 0 Å². The molecule has 2 rings (SSSR count). The highest BCUT2D eigenvalue weighted by atomic mass is 79.9. The summed E-state index contributed by atoms with van der Waals surface area (Å²) in [7, 11) is 0. The van der Waals surface area contributed by atoms with E-state index >= 15 is 0 Å². The standard InChI is InChI=1S/C16H17BrN2O2/c1-2-12-5-8-14(19(20)21)10-15(12)16(18)9-11-3-6-13(17)7-4-11/h3-8,10,16H,2,9,18H2,1H3. The lowest BCUT2D eigenvalue weighted by Crippen LogP contribution is -2.15. The number of halogens is 1. The van der Waals surface area contributed by atoms with Gasteiger partial charge in [0.1, 0.15) is 0 Å². The van der Waals surface area contributed by atoms with E-state index < -0.39 is 0 Å². The molecular formula is C16H17BrN2O2. The van der Waals surface area contributed by atoms with Gasteiger partial charge in [-0.15, -0.1) is 0 Å². The Bertz CT molecular complexity index is 641. The van der Waals surface area contributed by atoms with Crippen molar-refractivity contribution in [1.29, 1.82) is 0 Å². The minimum Gasteiger partial charge on any atom is -0.324 e. The van der Waals surface area contributed by atoms with Crippen molar-refractivity contribution in [3.8, 4) is 0 Å². The highest BCUT2D eigenvalue weighted by Gasteiger charge is 2.16. The summed E-state index contributed by atoms with van der Waals surface area (Å²) in [4.78, 5) is 10.6. The van der Waals surface area contributed by atoms with Crippen LogP contribution in [0.4, 0.5) is 5.69 Å². The molecule has 0 amide bonds. The lowest BCUT2D eigenvalue weighted by atomic mass is 9.94. The molecule has 5 heteroatoms. The molecule has 0 saturated carbocycles. The van der Waals surface area contributed by atoms with Crippen molar-refractivity contribution in [2.24, 2.45) is 5.73 Å². The number of non-ortho nitro benzene ring substituents is 1. The Morgan fingerprint density at radius 1 is 1.24 bits per heavy atom. The molecule has 0 spiro atoms. The van der Waals surface area contributed by atoms with Crippen molar-refractivity contribution in [2.45, 2.75) is 25.8 Å². The van der Waals surface area contributed by atoms with Crippen LogP contribution in [0.25, 0.3) is 0 Å². The second-order valence-electron chi connectivity index (χ2n) is 4.93. The fourth-order valence-corrected chi connectivity index (χ4v) is 2.61. The number of nitrogens with two attached hydrogens (primary N) is 1. The van der Waals surface area contributed by atoms with Crippen molar-refractivity contribution in [2.75, 3.05) is 0 Å². The summed E-state index contributed by atoms with van der Waals surface area (Å²) in [5, 5.41) is 10.9. The van der Waals surface area contributed by atoms with Crippen LogP contribution in [-0.4, -0.2) is 4.92 Å². The van der Waals surface area contributed by atoms with Gasteiger partial charge in [-0.3, -0.25) is 10.1 Å². The molecule has 0 aromatic heterocycles. The Morgan fingerprint density at radius 2 is 1.90 bits per heavy atom. The third kappa shape index (κ3) is 3.89. The molecule has 0 fully saturated rings. The third-order valence-corrected chi connectivity index (χ3v) is 4.02. The van der Waals surface area contributed by atoms with Crippen LogP contribution in [0, 0.1) is 10.1 Å². The Morgan fingerprint density at radius 3 is 2.48 bits per heavy atom. The number of benzene rings is 2. The Kier molecular flexibility index (Phi) is 5.09. The van der Waals surface area contributed by atoms with E-state index in [9.17, 15) is 10.1 Å². The lowest BCUT2D eigenvalue weighted by molar-refractivity contribution is -0.384. The minimum atomic E-state index is -0.380. The van der Waals surface area contributed by atoms with E-state index in [0.717, 1.165) is 27.6 Å². The van der Waals surface area contributed by atoms with Gasteiger partial charge < -0.3 is 5.73 Å². The van der Waals surface area contributed by atoms with Gasteiger partial charge in [-0.1, -0.05) is 41.1 Å². The number of hydrogen-bond acceptors (Lipinski definition) is 3. The van der Waals surface area contributed by atoms with Crippen LogP contribution in [0.15, 0.2) is 46.9 Å². The summed E-state index contributed by atoms with van der Waals surface area (Å²) in [6, 6.07) is 12.6. The van der Waals surface area contributed by atoms with Gasteiger partial charge in [-0.2, -0.15) is 0 Å². The SMILES string of the molecule is CCc1ccc([N+](=O)[O-])cc1C(N)Cc1ccc(Br)cc1. The van der Waals surface area contributed by atoms with E-state index in [-0.39, 0.29) is 16.7 Å². The van der Waals surface area contributed by atoms with E-state index in [0.29, 0.717) is 6.42 Å². The van der Waals surface area contributed by atoms with Gasteiger partial charge in [0, 0.05) is 22.6 Å². The fourth-order valence-electron chi connectivity index (χ4n) is 2.35. The summed E-state index contributed by atoms with van der Waals surface area (Å²) >= 11 is 3.40. The highest BCUT2D eigenvalue weighted by molar-refractivity contribution is 9.10. The molecule has 0 saturated heterocycles. The van der Waals surface area contributed by atoms with Gasteiger partial charge in [0.2, 0.25) is 0 Å². The first-order valence-corrected chi connectivity index (χ1v) is 7.57. The number of hydrogen-bond donors (Lipinski definition) is 1. The second kappa shape index (κ2) is 6.83. The zero-order chi connectivity index (χ0) is 15.4. The van der Waals surface area contributed by atoms with E-state index in [1.165, 1.54) is 6.07 Å². The smallest absolute Gasteiger partial charge is 0.269 e. The first-order valence-electron chi connectivity index (χ1n) is 6.78. The summed E-state index contributed by atoms with van der Waals surface area (Å²) in [6.07, 6.45) is 1.46. The van der Waals surface area contributed by atoms with Crippen molar-refractivity contribution < 1.29 is 4.92 Å². The number of nitro groups is 1. The van der Waals surface area contributed by atoms with E-state index in [1.807, 2.05) is 31.2 Å². The predicted molar refractivity (Wildman–Crippen MR) is 87.2 cm³/mol. The number of aryl methyl sites for hydroxylation is 1. The first kappa shape index (κ1) is 15.7. The quantitative estimate of drug-likeness (QED) is 0.651. The Hall–Kier alpha value is -1.72. The molecule has 2 aromatic rings. The van der Waals surface area contributed by atoms with Crippen LogP contribution in [-0.2, 0) is 12.8 Å². The van der Waals surface area contributed by atoms with Crippen LogP contribution in [0.1, 0.15) is 29.7 Å². The summed E-state index contributed by atoms with van der Waals surface area (Å²) < 4.78 is 1.02. The zero-order valence-electron chi connectivity index (χ0n) is 11.8. The molecule has 0 heterocycles. The van der Waals surface area contributed by atoms with Gasteiger partial charge >= 0.3 is 0 Å². The topological polar surface area (TPSA) is 69.2 Å². The minimum absolute atomic E-state index is 0.0912. The molecule has 0 aliphatic rings. The Balaban J connectivity index is 2.28. The molecule has 2 aromatic carbocycles. The Labute approximate surface area is 132 Å². The predicted octanol–water partition coefficient (Wildman–Crippen LogP) is 4.16.